The molecule has 19 heavy (non-hydrogen) atoms. The summed E-state index contributed by atoms with van der Waals surface area (Å²) in [6, 6.07) is 7.16. The molecule has 0 spiro atoms. The van der Waals surface area contributed by atoms with Gasteiger partial charge in [-0.25, -0.2) is 9.97 Å². The van der Waals surface area contributed by atoms with E-state index in [1.54, 1.807) is 12.1 Å². The number of amides is 1. The molecule has 98 valence electrons. The normalized spacial score (nSPS) is 9.95. The van der Waals surface area contributed by atoms with Gasteiger partial charge in [0.2, 0.25) is 0 Å². The van der Waals surface area contributed by atoms with E-state index in [-0.39, 0.29) is 23.2 Å². The van der Waals surface area contributed by atoms with Crippen LogP contribution < -0.4 is 22.3 Å². The molecule has 0 saturated carbocycles. The average Bonchev–Trinajstić information content (AvgIpc) is 2.41. The van der Waals surface area contributed by atoms with Gasteiger partial charge in [-0.15, -0.1) is 0 Å². The molecule has 1 heterocycles. The number of nitrogen functional groups attached to an aromatic ring is 2. The largest absolute Gasteiger partial charge is 0.393 e. The Kier molecular flexibility index (Phi) is 3.46. The Bertz CT molecular complexity index is 596. The van der Waals surface area contributed by atoms with Crippen molar-refractivity contribution in [1.29, 1.82) is 0 Å². The van der Waals surface area contributed by atoms with Crippen LogP contribution in [-0.4, -0.2) is 15.9 Å². The minimum atomic E-state index is -0.295. The van der Waals surface area contributed by atoms with Crippen LogP contribution in [0.1, 0.15) is 15.9 Å². The summed E-state index contributed by atoms with van der Waals surface area (Å²) in [5, 5.41) is 0. The van der Waals surface area contributed by atoms with Gasteiger partial charge in [-0.3, -0.25) is 15.6 Å². The fourth-order valence-electron chi connectivity index (χ4n) is 1.40. The van der Waals surface area contributed by atoms with E-state index in [2.05, 4.69) is 20.8 Å². The molecule has 0 bridgehead atoms. The summed E-state index contributed by atoms with van der Waals surface area (Å²) < 4.78 is 0. The number of aromatic nitrogens is 2. The van der Waals surface area contributed by atoms with Gasteiger partial charge >= 0.3 is 0 Å². The summed E-state index contributed by atoms with van der Waals surface area (Å²) in [6.07, 6.45) is 1.26. The molecule has 7 nitrogen and oxygen atoms in total. The number of aryl methyl sites for hydroxylation is 1. The van der Waals surface area contributed by atoms with Gasteiger partial charge < -0.3 is 11.5 Å². The zero-order valence-electron chi connectivity index (χ0n) is 10.3. The fraction of sp³-hybridized carbons (Fsp3) is 0.0833. The topological polar surface area (TPSA) is 119 Å². The van der Waals surface area contributed by atoms with Gasteiger partial charge in [-0.2, -0.15) is 0 Å². The van der Waals surface area contributed by atoms with Crippen molar-refractivity contribution in [3.05, 3.63) is 41.7 Å². The summed E-state index contributed by atoms with van der Waals surface area (Å²) in [5.74, 6) is 0.117. The van der Waals surface area contributed by atoms with Crippen LogP contribution in [0.4, 0.5) is 17.3 Å². The molecule has 0 fully saturated rings. The average molecular weight is 258 g/mol. The minimum Gasteiger partial charge on any atom is -0.393 e. The predicted molar refractivity (Wildman–Crippen MR) is 73.1 cm³/mol. The Morgan fingerprint density at radius 1 is 1.16 bits per heavy atom. The van der Waals surface area contributed by atoms with Crippen LogP contribution in [0.15, 0.2) is 30.6 Å². The first kappa shape index (κ1) is 12.6. The van der Waals surface area contributed by atoms with Gasteiger partial charge in [-0.1, -0.05) is 17.7 Å². The molecule has 2 rings (SSSR count). The van der Waals surface area contributed by atoms with Crippen molar-refractivity contribution in [1.82, 2.24) is 15.4 Å². The van der Waals surface area contributed by atoms with Crippen LogP contribution in [0.3, 0.4) is 0 Å². The van der Waals surface area contributed by atoms with Crippen LogP contribution in [0, 0.1) is 6.92 Å². The van der Waals surface area contributed by atoms with E-state index in [1.807, 2.05) is 19.1 Å². The van der Waals surface area contributed by atoms with Crippen molar-refractivity contribution in [2.45, 2.75) is 6.92 Å². The molecule has 0 aliphatic heterocycles. The van der Waals surface area contributed by atoms with Gasteiger partial charge in [-0.05, 0) is 19.1 Å². The monoisotopic (exact) mass is 258 g/mol. The molecule has 0 aliphatic rings. The maximum absolute atomic E-state index is 11.8. The molecule has 1 amide bonds. The lowest BCUT2D eigenvalue weighted by Crippen LogP contribution is -2.30. The molecule has 2 aromatic rings. The number of carbonyl (C=O) groups excluding carboxylic acids is 1. The number of carbonyl (C=O) groups is 1. The van der Waals surface area contributed by atoms with E-state index in [0.717, 1.165) is 5.56 Å². The zero-order valence-corrected chi connectivity index (χ0v) is 10.3. The maximum Gasteiger partial charge on any atom is 0.269 e. The van der Waals surface area contributed by atoms with E-state index < -0.39 is 0 Å². The Morgan fingerprint density at radius 3 is 2.53 bits per heavy atom. The number of hydrogen-bond acceptors (Lipinski definition) is 6. The molecule has 0 radical (unpaired) electrons. The van der Waals surface area contributed by atoms with Crippen LogP contribution in [-0.2, 0) is 0 Å². The molecule has 1 aromatic heterocycles. The second kappa shape index (κ2) is 5.21. The van der Waals surface area contributed by atoms with Crippen LogP contribution in [0.25, 0.3) is 0 Å². The third kappa shape index (κ3) is 2.89. The summed E-state index contributed by atoms with van der Waals surface area (Å²) in [6.45, 7) is 1.95. The van der Waals surface area contributed by atoms with Crippen molar-refractivity contribution in [2.75, 3.05) is 16.9 Å². The Morgan fingerprint density at radius 2 is 1.84 bits per heavy atom. The standard InChI is InChI=1S/C12H14N6O/c1-7-2-4-8(5-3-7)12(19)18-17-11-9(13)10(14)15-6-16-11/h2-6H,13H2,1H3,(H,18,19)(H3,14,15,16,17). The van der Waals surface area contributed by atoms with Crippen molar-refractivity contribution in [3.63, 3.8) is 0 Å². The summed E-state index contributed by atoms with van der Waals surface area (Å²) >= 11 is 0. The number of anilines is 3. The minimum absolute atomic E-state index is 0.155. The van der Waals surface area contributed by atoms with Gasteiger partial charge in [0.15, 0.2) is 11.6 Å². The lowest BCUT2D eigenvalue weighted by atomic mass is 10.1. The fourth-order valence-corrected chi connectivity index (χ4v) is 1.40. The highest BCUT2D eigenvalue weighted by Crippen LogP contribution is 2.18. The lowest BCUT2D eigenvalue weighted by molar-refractivity contribution is 0.0962. The van der Waals surface area contributed by atoms with Crippen molar-refractivity contribution >= 4 is 23.2 Å². The molecular weight excluding hydrogens is 244 g/mol. The number of hydrogen-bond donors (Lipinski definition) is 4. The predicted octanol–water partition coefficient (Wildman–Crippen LogP) is 0.706. The van der Waals surface area contributed by atoms with E-state index in [9.17, 15) is 4.79 Å². The van der Waals surface area contributed by atoms with Gasteiger partial charge in [0, 0.05) is 5.56 Å². The Balaban J connectivity index is 2.04. The van der Waals surface area contributed by atoms with Crippen molar-refractivity contribution < 1.29 is 4.79 Å². The first-order valence-corrected chi connectivity index (χ1v) is 5.57. The quantitative estimate of drug-likeness (QED) is 0.602. The molecule has 1 aromatic carbocycles. The SMILES string of the molecule is Cc1ccc(C(=O)NNc2ncnc(N)c2N)cc1. The second-order valence-electron chi connectivity index (χ2n) is 3.97. The third-order valence-electron chi connectivity index (χ3n) is 2.52. The van der Waals surface area contributed by atoms with Crippen LogP contribution in [0.2, 0.25) is 0 Å². The van der Waals surface area contributed by atoms with E-state index >= 15 is 0 Å². The second-order valence-corrected chi connectivity index (χ2v) is 3.97. The molecule has 6 N–H and O–H groups in total. The van der Waals surface area contributed by atoms with E-state index in [1.165, 1.54) is 6.33 Å². The highest BCUT2D eigenvalue weighted by molar-refractivity contribution is 5.95. The van der Waals surface area contributed by atoms with E-state index in [0.29, 0.717) is 5.56 Å². The number of nitrogens with two attached hydrogens (primary N) is 2. The zero-order chi connectivity index (χ0) is 13.8. The van der Waals surface area contributed by atoms with Gasteiger partial charge in [0.25, 0.3) is 5.91 Å². The number of nitrogens with zero attached hydrogens (tertiary/aromatic N) is 2. The molecular formula is C12H14N6O. The highest BCUT2D eigenvalue weighted by Gasteiger charge is 2.08. The number of rotatable bonds is 3. The highest BCUT2D eigenvalue weighted by atomic mass is 16.2. The number of hydrazine groups is 1. The number of nitrogens with one attached hydrogen (secondary N) is 2. The third-order valence-corrected chi connectivity index (χ3v) is 2.52. The Labute approximate surface area is 110 Å². The smallest absolute Gasteiger partial charge is 0.269 e. The first-order chi connectivity index (χ1) is 9.08. The van der Waals surface area contributed by atoms with Gasteiger partial charge in [0.05, 0.1) is 0 Å². The van der Waals surface area contributed by atoms with Crippen LogP contribution in [0.5, 0.6) is 0 Å². The lowest BCUT2D eigenvalue weighted by Gasteiger charge is -2.10. The summed E-state index contributed by atoms with van der Waals surface area (Å²) in [5.41, 5.74) is 18.1. The molecule has 0 aliphatic carbocycles. The molecule has 0 saturated heterocycles. The summed E-state index contributed by atoms with van der Waals surface area (Å²) in [4.78, 5) is 19.4. The first-order valence-electron chi connectivity index (χ1n) is 5.57. The van der Waals surface area contributed by atoms with Crippen LogP contribution >= 0.6 is 0 Å². The molecule has 0 unspecified atom stereocenters. The van der Waals surface area contributed by atoms with Crippen molar-refractivity contribution in [3.8, 4) is 0 Å². The maximum atomic E-state index is 11.8. The summed E-state index contributed by atoms with van der Waals surface area (Å²) in [7, 11) is 0. The molecule has 7 heteroatoms. The van der Waals surface area contributed by atoms with Gasteiger partial charge in [0.1, 0.15) is 12.0 Å². The van der Waals surface area contributed by atoms with Crippen molar-refractivity contribution in [2.24, 2.45) is 0 Å². The molecule has 0 atom stereocenters. The Hall–Kier alpha value is -2.83. The number of benzene rings is 1. The van der Waals surface area contributed by atoms with E-state index in [4.69, 9.17) is 11.5 Å².